The van der Waals surface area contributed by atoms with Gasteiger partial charge in [0.15, 0.2) is 5.13 Å². The van der Waals surface area contributed by atoms with E-state index in [2.05, 4.69) is 29.5 Å². The highest BCUT2D eigenvalue weighted by Gasteiger charge is 2.18. The molecule has 0 aromatic carbocycles. The third-order valence-electron chi connectivity index (χ3n) is 3.07. The number of carbonyl (C=O) groups excluding carboxylic acids is 1. The van der Waals surface area contributed by atoms with Crippen molar-refractivity contribution in [3.05, 3.63) is 4.88 Å². The van der Waals surface area contributed by atoms with Crippen LogP contribution in [0.2, 0.25) is 0 Å². The number of nitrogens with zero attached hydrogens (tertiary/aromatic N) is 1. The highest BCUT2D eigenvalue weighted by atomic mass is 32.1. The Hall–Kier alpha value is -1.30. The Bertz CT molecular complexity index is 457. The van der Waals surface area contributed by atoms with Crippen molar-refractivity contribution in [2.75, 3.05) is 11.1 Å². The monoisotopic (exact) mass is 312 g/mol. The number of hydrogen-bond donors (Lipinski definition) is 3. The summed E-state index contributed by atoms with van der Waals surface area (Å²) in [5, 5.41) is 6.86. The van der Waals surface area contributed by atoms with Crippen LogP contribution in [0.1, 0.15) is 63.6 Å². The van der Waals surface area contributed by atoms with E-state index >= 15 is 0 Å². The maximum atomic E-state index is 12.2. The number of rotatable bonds is 8. The molecule has 1 atom stereocenters. The third-order valence-corrected chi connectivity index (χ3v) is 4.07. The van der Waals surface area contributed by atoms with E-state index in [1.165, 1.54) is 17.8 Å². The first kappa shape index (κ1) is 17.8. The first-order valence-corrected chi connectivity index (χ1v) is 8.45. The lowest BCUT2D eigenvalue weighted by Gasteiger charge is -2.13. The molecule has 1 unspecified atom stereocenters. The van der Waals surface area contributed by atoms with Crippen LogP contribution in [0.4, 0.5) is 10.9 Å². The van der Waals surface area contributed by atoms with Gasteiger partial charge in [-0.15, -0.1) is 0 Å². The molecule has 1 amide bonds. The molecule has 0 aliphatic heterocycles. The summed E-state index contributed by atoms with van der Waals surface area (Å²) >= 11 is 1.31. The average Bonchev–Trinajstić information content (AvgIpc) is 2.68. The minimum atomic E-state index is -0.126. The lowest BCUT2D eigenvalue weighted by atomic mass is 10.0. The van der Waals surface area contributed by atoms with Gasteiger partial charge >= 0.3 is 0 Å². The van der Waals surface area contributed by atoms with Crippen molar-refractivity contribution in [1.82, 2.24) is 10.3 Å². The van der Waals surface area contributed by atoms with Gasteiger partial charge in [-0.1, -0.05) is 38.0 Å². The normalized spacial score (nSPS) is 12.7. The molecule has 5 nitrogen and oxygen atoms in total. The number of nitrogens with one attached hydrogen (secondary N) is 2. The van der Waals surface area contributed by atoms with E-state index in [1.54, 1.807) is 0 Å². The van der Waals surface area contributed by atoms with E-state index in [0.29, 0.717) is 21.7 Å². The van der Waals surface area contributed by atoms with Gasteiger partial charge in [-0.2, -0.15) is 0 Å². The zero-order valence-electron chi connectivity index (χ0n) is 13.7. The van der Waals surface area contributed by atoms with Crippen molar-refractivity contribution < 1.29 is 4.79 Å². The zero-order chi connectivity index (χ0) is 16.0. The van der Waals surface area contributed by atoms with Crippen LogP contribution in [0.15, 0.2) is 0 Å². The summed E-state index contributed by atoms with van der Waals surface area (Å²) in [7, 11) is 0. The van der Waals surface area contributed by atoms with Crippen LogP contribution in [0, 0.1) is 5.92 Å². The number of nitrogens with two attached hydrogens (primary N) is 1. The van der Waals surface area contributed by atoms with Gasteiger partial charge in [-0.25, -0.2) is 4.98 Å². The second kappa shape index (κ2) is 8.22. The number of nitrogen functional groups attached to an aromatic ring is 1. The summed E-state index contributed by atoms with van der Waals surface area (Å²) in [4.78, 5) is 16.9. The second-order valence-electron chi connectivity index (χ2n) is 6.23. The van der Waals surface area contributed by atoms with Crippen LogP contribution < -0.4 is 16.4 Å². The van der Waals surface area contributed by atoms with Crippen LogP contribution in [-0.2, 0) is 0 Å². The van der Waals surface area contributed by atoms with Crippen molar-refractivity contribution in [3.8, 4) is 0 Å². The molecule has 0 fully saturated rings. The second-order valence-corrected chi connectivity index (χ2v) is 7.23. The molecule has 0 spiro atoms. The topological polar surface area (TPSA) is 80.0 Å². The maximum absolute atomic E-state index is 12.2. The maximum Gasteiger partial charge on any atom is 0.265 e. The Morgan fingerprint density at radius 3 is 2.48 bits per heavy atom. The third kappa shape index (κ3) is 6.33. The standard InChI is InChI=1S/C15H28N4OS/c1-9(2)7-6-8-11(5)18-14(20)12-13(16)19-15(21-12)17-10(3)4/h9-11H,6-8,16H2,1-5H3,(H,17,19)(H,18,20). The Morgan fingerprint density at radius 2 is 1.90 bits per heavy atom. The summed E-state index contributed by atoms with van der Waals surface area (Å²) in [6.45, 7) is 10.5. The fraction of sp³-hybridized carbons (Fsp3) is 0.733. The Morgan fingerprint density at radius 1 is 1.24 bits per heavy atom. The molecule has 1 aromatic rings. The minimum Gasteiger partial charge on any atom is -0.382 e. The van der Waals surface area contributed by atoms with Crippen LogP contribution in [0.3, 0.4) is 0 Å². The van der Waals surface area contributed by atoms with Gasteiger partial charge in [-0.05, 0) is 33.1 Å². The largest absolute Gasteiger partial charge is 0.382 e. The Balaban J connectivity index is 2.53. The molecule has 0 aliphatic rings. The lowest BCUT2D eigenvalue weighted by molar-refractivity contribution is 0.0942. The molecule has 4 N–H and O–H groups in total. The van der Waals surface area contributed by atoms with Crippen molar-refractivity contribution in [1.29, 1.82) is 0 Å². The Kier molecular flexibility index (Phi) is 6.95. The van der Waals surface area contributed by atoms with Gasteiger partial charge in [-0.3, -0.25) is 4.79 Å². The molecule has 0 saturated heterocycles. The number of hydrogen-bond acceptors (Lipinski definition) is 5. The molecule has 6 heteroatoms. The summed E-state index contributed by atoms with van der Waals surface area (Å²) in [6, 6.07) is 0.417. The molecule has 120 valence electrons. The van der Waals surface area contributed by atoms with E-state index in [0.717, 1.165) is 12.8 Å². The first-order chi connectivity index (χ1) is 9.79. The van der Waals surface area contributed by atoms with Crippen molar-refractivity contribution >= 4 is 28.2 Å². The SMILES string of the molecule is CC(C)CCCC(C)NC(=O)c1sc(NC(C)C)nc1N. The molecular weight excluding hydrogens is 284 g/mol. The number of thiazole rings is 1. The van der Waals surface area contributed by atoms with E-state index in [4.69, 9.17) is 5.73 Å². The van der Waals surface area contributed by atoms with Gasteiger partial charge in [0.1, 0.15) is 10.7 Å². The summed E-state index contributed by atoms with van der Waals surface area (Å²) in [5.74, 6) is 0.878. The highest BCUT2D eigenvalue weighted by molar-refractivity contribution is 7.18. The van der Waals surface area contributed by atoms with E-state index in [9.17, 15) is 4.79 Å². The minimum absolute atomic E-state index is 0.126. The summed E-state index contributed by atoms with van der Waals surface area (Å²) < 4.78 is 0. The average molecular weight is 312 g/mol. The Labute approximate surface area is 131 Å². The molecule has 21 heavy (non-hydrogen) atoms. The summed E-state index contributed by atoms with van der Waals surface area (Å²) in [6.07, 6.45) is 3.29. The zero-order valence-corrected chi connectivity index (χ0v) is 14.5. The van der Waals surface area contributed by atoms with E-state index in [1.807, 2.05) is 20.8 Å². The van der Waals surface area contributed by atoms with Gasteiger partial charge in [0, 0.05) is 12.1 Å². The quantitative estimate of drug-likeness (QED) is 0.686. The predicted molar refractivity (Wildman–Crippen MR) is 90.9 cm³/mol. The molecule has 1 heterocycles. The first-order valence-electron chi connectivity index (χ1n) is 7.63. The molecule has 1 aromatic heterocycles. The van der Waals surface area contributed by atoms with Crippen molar-refractivity contribution in [2.24, 2.45) is 5.92 Å². The van der Waals surface area contributed by atoms with Gasteiger partial charge in [0.05, 0.1) is 0 Å². The molecule has 0 saturated carbocycles. The van der Waals surface area contributed by atoms with E-state index in [-0.39, 0.29) is 18.0 Å². The van der Waals surface area contributed by atoms with Crippen LogP contribution in [-0.4, -0.2) is 23.0 Å². The fourth-order valence-electron chi connectivity index (χ4n) is 2.00. The van der Waals surface area contributed by atoms with Gasteiger partial charge in [0.2, 0.25) is 0 Å². The number of carbonyl (C=O) groups is 1. The summed E-state index contributed by atoms with van der Waals surface area (Å²) in [5.41, 5.74) is 5.83. The number of aromatic nitrogens is 1. The van der Waals surface area contributed by atoms with E-state index < -0.39 is 0 Å². The van der Waals surface area contributed by atoms with Crippen molar-refractivity contribution in [3.63, 3.8) is 0 Å². The van der Waals surface area contributed by atoms with Crippen LogP contribution in [0.5, 0.6) is 0 Å². The van der Waals surface area contributed by atoms with Crippen LogP contribution in [0.25, 0.3) is 0 Å². The molecular formula is C15H28N4OS. The molecule has 1 rings (SSSR count). The molecule has 0 bridgehead atoms. The molecule has 0 aliphatic carbocycles. The smallest absolute Gasteiger partial charge is 0.265 e. The molecule has 0 radical (unpaired) electrons. The van der Waals surface area contributed by atoms with Crippen LogP contribution >= 0.6 is 11.3 Å². The predicted octanol–water partition coefficient (Wildman–Crippen LogP) is 3.49. The lowest BCUT2D eigenvalue weighted by Crippen LogP contribution is -2.32. The number of anilines is 2. The van der Waals surface area contributed by atoms with Crippen molar-refractivity contribution in [2.45, 2.75) is 66.0 Å². The van der Waals surface area contributed by atoms with Gasteiger partial charge < -0.3 is 16.4 Å². The van der Waals surface area contributed by atoms with Gasteiger partial charge in [0.25, 0.3) is 5.91 Å². The fourth-order valence-corrected chi connectivity index (χ4v) is 2.93. The highest BCUT2D eigenvalue weighted by Crippen LogP contribution is 2.25. The number of amides is 1.